The minimum absolute atomic E-state index is 0. The predicted octanol–water partition coefficient (Wildman–Crippen LogP) is 3.46. The van der Waals surface area contributed by atoms with Crippen LogP contribution >= 0.6 is 0 Å². The van der Waals surface area contributed by atoms with Gasteiger partial charge in [0.1, 0.15) is 11.5 Å². The minimum Gasteiger partial charge on any atom is -0.870 e. The van der Waals surface area contributed by atoms with Crippen molar-refractivity contribution in [3.8, 4) is 29.1 Å². The topological polar surface area (TPSA) is 337 Å². The summed E-state index contributed by atoms with van der Waals surface area (Å²) in [5.74, 6) is 0.417. The fraction of sp³-hybridized carbons (Fsp3) is 0.219. The van der Waals surface area contributed by atoms with Crippen LogP contribution in [0.1, 0.15) is 29.4 Å². The van der Waals surface area contributed by atoms with Gasteiger partial charge in [0.25, 0.3) is 0 Å². The van der Waals surface area contributed by atoms with Gasteiger partial charge in [-0.3, -0.25) is 20.0 Å². The van der Waals surface area contributed by atoms with E-state index < -0.39 is 15.3 Å². The molecule has 2 radical (unpaired) electrons. The van der Waals surface area contributed by atoms with E-state index in [4.69, 9.17) is 60.7 Å². The molecule has 0 saturated heterocycles. The molecule has 0 unspecified atom stereocenters. The maximum Gasteiger partial charge on any atom is 3.00 e. The van der Waals surface area contributed by atoms with Crippen molar-refractivity contribution in [2.24, 2.45) is 9.98 Å². The normalized spacial score (nSPS) is 8.91. The van der Waals surface area contributed by atoms with Crippen molar-refractivity contribution in [2.45, 2.75) is 19.8 Å². The van der Waals surface area contributed by atoms with E-state index in [-0.39, 0.29) is 68.5 Å². The molecule has 298 valence electrons. The van der Waals surface area contributed by atoms with Gasteiger partial charge in [-0.2, -0.15) is 5.26 Å². The van der Waals surface area contributed by atoms with Gasteiger partial charge in [0.15, 0.2) is 0 Å². The van der Waals surface area contributed by atoms with Gasteiger partial charge in [-0.05, 0) is 47.5 Å². The second-order valence-corrected chi connectivity index (χ2v) is 8.86. The van der Waals surface area contributed by atoms with Gasteiger partial charge in [0.05, 0.1) is 35.5 Å². The van der Waals surface area contributed by atoms with Crippen molar-refractivity contribution in [1.29, 1.82) is 5.26 Å². The molecule has 2 aromatic heterocycles. The van der Waals surface area contributed by atoms with Crippen LogP contribution in [0.25, 0.3) is 0 Å². The van der Waals surface area contributed by atoms with E-state index in [1.54, 1.807) is 67.3 Å². The van der Waals surface area contributed by atoms with Crippen molar-refractivity contribution in [1.82, 2.24) is 9.97 Å². The number of methoxy groups -OCH3 is 2. The van der Waals surface area contributed by atoms with Crippen LogP contribution in [0.4, 0.5) is 0 Å². The SMILES string of the molecule is CC#N.COc1cccc(C=NCCc2ccccn2)c1[O-].COc1cccc(C=NCCc2ccccn2)c1[O-].O=[N+]([O-])[O-].O=[N+]([O-])[O-].O=[N+]([O-])[O-].[Cu+2].[Gd+3]. The van der Waals surface area contributed by atoms with Gasteiger partial charge in [-0.1, -0.05) is 47.9 Å². The van der Waals surface area contributed by atoms with E-state index in [1.165, 1.54) is 21.1 Å². The van der Waals surface area contributed by atoms with Crippen LogP contribution in [0.5, 0.6) is 23.0 Å². The summed E-state index contributed by atoms with van der Waals surface area (Å²) >= 11 is 0. The van der Waals surface area contributed by atoms with E-state index in [0.29, 0.717) is 35.7 Å². The zero-order chi connectivity index (χ0) is 40.4. The number of nitriles is 1. The number of pyridine rings is 2. The Labute approximate surface area is 357 Å². The Kier molecular flexibility index (Phi) is 37.2. The van der Waals surface area contributed by atoms with E-state index in [9.17, 15) is 10.2 Å². The first-order chi connectivity index (χ1) is 25.2. The molecule has 4 rings (SSSR count). The Morgan fingerprint density at radius 2 is 0.964 bits per heavy atom. The number of hydrogen-bond donors (Lipinski definition) is 0. The number of hydrogen-bond acceptors (Lipinski definition) is 18. The Bertz CT molecular complexity index is 1590. The smallest absolute Gasteiger partial charge is 0.870 e. The molecule has 4 aromatic rings. The summed E-state index contributed by atoms with van der Waals surface area (Å²) in [6.07, 6.45) is 8.22. The standard InChI is InChI=1S/2C15H16N2O2.C2H3N.Cu.Gd.3NO3/c2*1-19-14-7-4-5-12(15(14)18)11-16-10-8-13-6-2-3-9-17-13;1-2-3;;;3*2-1(3)4/h2*2-7,9,11,18H,8,10H2,1H3;1H3;;;;;/q;;;+2;+3;3*-1/p-2. The summed E-state index contributed by atoms with van der Waals surface area (Å²) in [7, 11) is 2.97. The minimum atomic E-state index is -1.75. The molecular weight excluding hydrogens is 925 g/mol. The molecule has 0 aliphatic rings. The molecule has 0 N–H and O–H groups in total. The van der Waals surface area contributed by atoms with Crippen LogP contribution in [0.2, 0.25) is 0 Å². The maximum atomic E-state index is 11.8. The molecule has 55 heavy (non-hydrogen) atoms. The first-order valence-electron chi connectivity index (χ1n) is 14.5. The number of aromatic nitrogens is 2. The Balaban J connectivity index is -0.000000338. The quantitative estimate of drug-likeness (QED) is 0.0950. The molecule has 0 aliphatic heterocycles. The van der Waals surface area contributed by atoms with Gasteiger partial charge in [0.2, 0.25) is 0 Å². The van der Waals surface area contributed by atoms with Crippen LogP contribution in [0, 0.1) is 97.2 Å². The van der Waals surface area contributed by atoms with E-state index >= 15 is 0 Å². The molecule has 0 spiro atoms. The van der Waals surface area contributed by atoms with Crippen molar-refractivity contribution in [3.05, 3.63) is 154 Å². The fourth-order valence-corrected chi connectivity index (χ4v) is 3.37. The van der Waals surface area contributed by atoms with Crippen LogP contribution in [0.3, 0.4) is 0 Å². The van der Waals surface area contributed by atoms with Crippen LogP contribution in [-0.4, -0.2) is 65.0 Å². The maximum absolute atomic E-state index is 11.8. The Hall–Kier alpha value is -5.79. The van der Waals surface area contributed by atoms with Gasteiger partial charge >= 0.3 is 57.0 Å². The molecule has 0 bridgehead atoms. The molecule has 23 heteroatoms. The van der Waals surface area contributed by atoms with Crippen LogP contribution in [0.15, 0.2) is 95.2 Å². The molecule has 21 nitrogen and oxygen atoms in total. The predicted molar refractivity (Wildman–Crippen MR) is 188 cm³/mol. The molecule has 2 heterocycles. The third-order valence-corrected chi connectivity index (χ3v) is 5.37. The summed E-state index contributed by atoms with van der Waals surface area (Å²) in [6.45, 7) is 2.64. The molecule has 0 amide bonds. The number of aliphatic imine (C=N–C) groups is 2. The monoisotopic (exact) mass is 958 g/mol. The van der Waals surface area contributed by atoms with Crippen molar-refractivity contribution >= 4 is 12.4 Å². The number of para-hydroxylation sites is 2. The Morgan fingerprint density at radius 3 is 1.22 bits per heavy atom. The summed E-state index contributed by atoms with van der Waals surface area (Å²) in [5, 5.41) is 75.2. The van der Waals surface area contributed by atoms with E-state index in [1.807, 2.05) is 36.4 Å². The van der Waals surface area contributed by atoms with E-state index in [0.717, 1.165) is 24.2 Å². The van der Waals surface area contributed by atoms with Crippen LogP contribution < -0.4 is 19.7 Å². The third-order valence-electron chi connectivity index (χ3n) is 5.37. The van der Waals surface area contributed by atoms with Crippen molar-refractivity contribution in [2.75, 3.05) is 27.3 Å². The second-order valence-electron chi connectivity index (χ2n) is 8.86. The second kappa shape index (κ2) is 36.6. The summed E-state index contributed by atoms with van der Waals surface area (Å²) in [6, 6.07) is 23.6. The first-order valence-corrected chi connectivity index (χ1v) is 14.5. The number of ether oxygens (including phenoxy) is 2. The molecule has 2 aromatic carbocycles. The zero-order valence-electron chi connectivity index (χ0n) is 29.1. The summed E-state index contributed by atoms with van der Waals surface area (Å²) in [5.41, 5.74) is 3.07. The largest absolute Gasteiger partial charge is 3.00 e. The first kappa shape index (κ1) is 56.0. The molecule has 0 saturated carbocycles. The third kappa shape index (κ3) is 32.6. The molecular formula is C32H33CuGdN8O13. The average molecular weight is 958 g/mol. The van der Waals surface area contributed by atoms with Gasteiger partial charge in [-0.25, -0.2) is 0 Å². The van der Waals surface area contributed by atoms with Crippen LogP contribution in [-0.2, 0) is 29.9 Å². The van der Waals surface area contributed by atoms with Gasteiger partial charge in [0, 0.05) is 69.1 Å². The average Bonchev–Trinajstić information content (AvgIpc) is 3.11. The zero-order valence-corrected chi connectivity index (χ0v) is 32.3. The van der Waals surface area contributed by atoms with Crippen molar-refractivity contribution < 1.29 is 92.0 Å². The van der Waals surface area contributed by atoms with Crippen molar-refractivity contribution in [3.63, 3.8) is 0 Å². The molecule has 0 atom stereocenters. The van der Waals surface area contributed by atoms with E-state index in [2.05, 4.69) is 20.0 Å². The fourth-order valence-electron chi connectivity index (χ4n) is 3.37. The number of nitrogens with zero attached hydrogens (tertiary/aromatic N) is 8. The number of benzene rings is 2. The molecule has 0 aliphatic carbocycles. The summed E-state index contributed by atoms with van der Waals surface area (Å²) < 4.78 is 9.95. The summed E-state index contributed by atoms with van der Waals surface area (Å²) in [4.78, 5) is 41.7. The van der Waals surface area contributed by atoms with Gasteiger partial charge in [-0.15, -0.1) is 0 Å². The Morgan fingerprint density at radius 1 is 0.655 bits per heavy atom. The van der Waals surface area contributed by atoms with Gasteiger partial charge < -0.3 is 65.7 Å². The molecule has 0 fully saturated rings. The number of rotatable bonds is 10.